The molecule has 0 spiro atoms. The number of hydrogen-bond donors (Lipinski definition) is 1. The molecule has 27 heavy (non-hydrogen) atoms. The van der Waals surface area contributed by atoms with Gasteiger partial charge in [0.1, 0.15) is 12.2 Å². The van der Waals surface area contributed by atoms with Gasteiger partial charge >= 0.3 is 5.63 Å². The van der Waals surface area contributed by atoms with Gasteiger partial charge in [-0.05, 0) is 44.2 Å². The molecule has 5 heteroatoms. The van der Waals surface area contributed by atoms with Crippen LogP contribution in [-0.4, -0.2) is 24.8 Å². The quantitative estimate of drug-likeness (QED) is 0.516. The summed E-state index contributed by atoms with van der Waals surface area (Å²) in [6.45, 7) is 6.56. The van der Waals surface area contributed by atoms with Gasteiger partial charge in [0, 0.05) is 48.4 Å². The molecule has 0 radical (unpaired) electrons. The number of aliphatic hydroxyl groups excluding tert-OH is 1. The molecule has 0 unspecified atom stereocenters. The number of aromatic nitrogens is 1. The normalized spacial score (nSPS) is 11.4. The molecule has 3 aromatic rings. The maximum absolute atomic E-state index is 12.4. The van der Waals surface area contributed by atoms with Crippen molar-refractivity contribution >= 4 is 28.8 Å². The van der Waals surface area contributed by atoms with E-state index >= 15 is 0 Å². The number of pyridine rings is 1. The molecule has 2 aromatic heterocycles. The van der Waals surface area contributed by atoms with Gasteiger partial charge in [-0.1, -0.05) is 0 Å². The Kier molecular flexibility index (Phi) is 6.04. The Morgan fingerprint density at radius 2 is 1.93 bits per heavy atom. The van der Waals surface area contributed by atoms with Gasteiger partial charge in [-0.3, -0.25) is 0 Å². The summed E-state index contributed by atoms with van der Waals surface area (Å²) in [6, 6.07) is 13.6. The highest BCUT2D eigenvalue weighted by Gasteiger charge is 2.09. The van der Waals surface area contributed by atoms with Crippen molar-refractivity contribution in [1.82, 2.24) is 0 Å². The van der Waals surface area contributed by atoms with Crippen LogP contribution in [0.3, 0.4) is 0 Å². The maximum atomic E-state index is 12.4. The van der Waals surface area contributed by atoms with Crippen LogP contribution in [0, 0.1) is 0 Å². The minimum atomic E-state index is -0.361. The zero-order valence-corrected chi connectivity index (χ0v) is 15.8. The van der Waals surface area contributed by atoms with Crippen LogP contribution in [0.4, 0.5) is 5.69 Å². The second kappa shape index (κ2) is 8.64. The second-order valence-electron chi connectivity index (χ2n) is 6.26. The molecule has 0 bridgehead atoms. The lowest BCUT2D eigenvalue weighted by Gasteiger charge is -2.20. The van der Waals surface area contributed by atoms with Crippen LogP contribution in [0.1, 0.15) is 25.1 Å². The summed E-state index contributed by atoms with van der Waals surface area (Å²) in [4.78, 5) is 14.6. The van der Waals surface area contributed by atoms with Gasteiger partial charge in [0.15, 0.2) is 12.7 Å². The first kappa shape index (κ1) is 18.9. The summed E-state index contributed by atoms with van der Waals surface area (Å²) >= 11 is 0. The van der Waals surface area contributed by atoms with E-state index < -0.39 is 0 Å². The van der Waals surface area contributed by atoms with Crippen LogP contribution in [0.25, 0.3) is 23.1 Å². The van der Waals surface area contributed by atoms with E-state index in [9.17, 15) is 9.90 Å². The van der Waals surface area contributed by atoms with E-state index in [2.05, 4.69) is 24.8 Å². The third-order valence-corrected chi connectivity index (χ3v) is 4.63. The highest BCUT2D eigenvalue weighted by atomic mass is 16.4. The third-order valence-electron chi connectivity index (χ3n) is 4.63. The second-order valence-corrected chi connectivity index (χ2v) is 6.26. The molecular weight excluding hydrogens is 340 g/mol. The molecule has 1 N–H and O–H groups in total. The molecule has 1 aromatic carbocycles. The average molecular weight is 365 g/mol. The number of nitrogens with zero attached hydrogens (tertiary/aromatic N) is 2. The summed E-state index contributed by atoms with van der Waals surface area (Å²) < 4.78 is 7.48. The SMILES string of the molecule is CCN(CC)c1ccc2cc(/C=C/c3cccc[n+]3CCO)c(=O)oc2c1. The largest absolute Gasteiger partial charge is 0.422 e. The number of rotatable bonds is 7. The lowest BCUT2D eigenvalue weighted by atomic mass is 10.1. The van der Waals surface area contributed by atoms with E-state index in [4.69, 9.17) is 4.42 Å². The molecule has 0 saturated heterocycles. The van der Waals surface area contributed by atoms with Crippen molar-refractivity contribution in [3.05, 3.63) is 70.3 Å². The summed E-state index contributed by atoms with van der Waals surface area (Å²) in [7, 11) is 0. The van der Waals surface area contributed by atoms with Gasteiger partial charge in [-0.25, -0.2) is 4.79 Å². The van der Waals surface area contributed by atoms with Crippen LogP contribution >= 0.6 is 0 Å². The number of anilines is 1. The van der Waals surface area contributed by atoms with E-state index in [0.29, 0.717) is 17.7 Å². The van der Waals surface area contributed by atoms with Crippen molar-refractivity contribution < 1.29 is 14.1 Å². The van der Waals surface area contributed by atoms with Crippen LogP contribution in [-0.2, 0) is 6.54 Å². The first-order chi connectivity index (χ1) is 13.2. The monoisotopic (exact) mass is 365 g/mol. The minimum absolute atomic E-state index is 0.0580. The average Bonchev–Trinajstić information content (AvgIpc) is 2.68. The highest BCUT2D eigenvalue weighted by Crippen LogP contribution is 2.22. The zero-order valence-electron chi connectivity index (χ0n) is 15.8. The van der Waals surface area contributed by atoms with E-state index in [1.807, 2.05) is 53.2 Å². The molecule has 0 aliphatic carbocycles. The molecule has 0 saturated carbocycles. The van der Waals surface area contributed by atoms with Gasteiger partial charge in [0.2, 0.25) is 5.69 Å². The zero-order chi connectivity index (χ0) is 19.2. The molecular formula is C22H25N2O3+. The summed E-state index contributed by atoms with van der Waals surface area (Å²) in [5, 5.41) is 10.1. The van der Waals surface area contributed by atoms with Crippen LogP contribution in [0.2, 0.25) is 0 Å². The van der Waals surface area contributed by atoms with E-state index in [1.165, 1.54) is 0 Å². The number of hydrogen-bond acceptors (Lipinski definition) is 4. The van der Waals surface area contributed by atoms with Crippen molar-refractivity contribution in [2.75, 3.05) is 24.6 Å². The van der Waals surface area contributed by atoms with Crippen LogP contribution in [0.15, 0.2) is 57.9 Å². The first-order valence-electron chi connectivity index (χ1n) is 9.26. The maximum Gasteiger partial charge on any atom is 0.343 e. The van der Waals surface area contributed by atoms with Crippen molar-refractivity contribution in [2.24, 2.45) is 0 Å². The Labute approximate surface area is 158 Å². The fraction of sp³-hybridized carbons (Fsp3) is 0.273. The predicted molar refractivity (Wildman–Crippen MR) is 109 cm³/mol. The number of fused-ring (bicyclic) bond motifs is 1. The smallest absolute Gasteiger partial charge is 0.343 e. The Morgan fingerprint density at radius 3 is 2.67 bits per heavy atom. The highest BCUT2D eigenvalue weighted by molar-refractivity contribution is 5.83. The Morgan fingerprint density at radius 1 is 1.11 bits per heavy atom. The molecule has 0 aliphatic rings. The van der Waals surface area contributed by atoms with Gasteiger partial charge in [-0.15, -0.1) is 0 Å². The minimum Gasteiger partial charge on any atom is -0.422 e. The lowest BCUT2D eigenvalue weighted by molar-refractivity contribution is -0.699. The lowest BCUT2D eigenvalue weighted by Crippen LogP contribution is -2.38. The van der Waals surface area contributed by atoms with Gasteiger partial charge < -0.3 is 14.4 Å². The molecule has 2 heterocycles. The van der Waals surface area contributed by atoms with Gasteiger partial charge in [0.25, 0.3) is 0 Å². The van der Waals surface area contributed by atoms with Crippen LogP contribution in [0.5, 0.6) is 0 Å². The van der Waals surface area contributed by atoms with Crippen molar-refractivity contribution in [3.63, 3.8) is 0 Å². The first-order valence-corrected chi connectivity index (χ1v) is 9.26. The third kappa shape index (κ3) is 4.26. The summed E-state index contributed by atoms with van der Waals surface area (Å²) in [6.07, 6.45) is 5.51. The van der Waals surface area contributed by atoms with Crippen molar-refractivity contribution in [2.45, 2.75) is 20.4 Å². The summed E-state index contributed by atoms with van der Waals surface area (Å²) in [5.74, 6) is 0. The molecule has 5 nitrogen and oxygen atoms in total. The molecule has 0 fully saturated rings. The predicted octanol–water partition coefficient (Wildman–Crippen LogP) is 3.09. The van der Waals surface area contributed by atoms with Gasteiger partial charge in [0.05, 0.1) is 5.56 Å². The van der Waals surface area contributed by atoms with E-state index in [0.717, 1.165) is 29.9 Å². The molecule has 140 valence electrons. The summed E-state index contributed by atoms with van der Waals surface area (Å²) in [5.41, 5.74) is 2.69. The topological polar surface area (TPSA) is 57.6 Å². The molecule has 3 rings (SSSR count). The van der Waals surface area contributed by atoms with E-state index in [1.54, 1.807) is 6.08 Å². The standard InChI is InChI=1S/C22H25N2O3/c1-3-23(4-2)20-11-8-17-15-18(22(26)27-21(17)16-20)9-10-19-7-5-6-12-24(19)13-14-25/h5-12,15-16,25H,3-4,13-14H2,1-2H3/q+1. The Hall–Kier alpha value is -2.92. The molecule has 0 aliphatic heterocycles. The van der Waals surface area contributed by atoms with E-state index in [-0.39, 0.29) is 12.2 Å². The van der Waals surface area contributed by atoms with Crippen LogP contribution < -0.4 is 15.1 Å². The number of benzene rings is 1. The molecule has 0 amide bonds. The number of aliphatic hydroxyl groups is 1. The molecule has 0 atom stereocenters. The van der Waals surface area contributed by atoms with Crippen molar-refractivity contribution in [1.29, 1.82) is 0 Å². The fourth-order valence-corrected chi connectivity index (χ4v) is 3.14. The Balaban J connectivity index is 1.95. The van der Waals surface area contributed by atoms with Crippen molar-refractivity contribution in [3.8, 4) is 0 Å². The Bertz CT molecular complexity index is 1000. The fourth-order valence-electron chi connectivity index (χ4n) is 3.14. The van der Waals surface area contributed by atoms with Gasteiger partial charge in [-0.2, -0.15) is 4.57 Å².